The van der Waals surface area contributed by atoms with Crippen molar-refractivity contribution in [3.63, 3.8) is 0 Å². The number of H-pyrrole nitrogens is 1. The van der Waals surface area contributed by atoms with Crippen LogP contribution in [0.4, 0.5) is 5.69 Å². The van der Waals surface area contributed by atoms with Crippen molar-refractivity contribution in [1.29, 1.82) is 0 Å². The monoisotopic (exact) mass is 262 g/mol. The molecule has 1 rings (SSSR count). The molecule has 96 valence electrons. The quantitative estimate of drug-likeness (QED) is 0.676. The number of hydrogen-bond acceptors (Lipinski definition) is 5. The number of aromatic nitrogens is 2. The maximum absolute atomic E-state index is 11.7. The molecule has 1 aromatic heterocycles. The second-order valence-electron chi connectivity index (χ2n) is 3.24. The molecule has 0 radical (unpaired) electrons. The van der Waals surface area contributed by atoms with Crippen molar-refractivity contribution in [2.75, 3.05) is 25.4 Å². The van der Waals surface area contributed by atoms with Crippen molar-refractivity contribution < 1.29 is 17.9 Å². The molecule has 2 N–H and O–H groups in total. The molecule has 0 spiro atoms. The van der Waals surface area contributed by atoms with Gasteiger partial charge in [0.1, 0.15) is 0 Å². The standard InChI is InChI=1S/C8H14N4O4S/c1-12(4-3-8(13)16-2)17(14,15)11-7-5-9-10-6-7/h5-6,11H,3-4H2,1-2H3,(H,9,10). The van der Waals surface area contributed by atoms with E-state index in [1.165, 1.54) is 26.6 Å². The van der Waals surface area contributed by atoms with Crippen LogP contribution in [0.1, 0.15) is 6.42 Å². The maximum atomic E-state index is 11.7. The third-order valence-electron chi connectivity index (χ3n) is 2.01. The van der Waals surface area contributed by atoms with E-state index in [1.54, 1.807) is 0 Å². The molecule has 0 unspecified atom stereocenters. The molecule has 0 aliphatic heterocycles. The topological polar surface area (TPSA) is 104 Å². The van der Waals surface area contributed by atoms with Gasteiger partial charge in [0, 0.05) is 19.8 Å². The Morgan fingerprint density at radius 1 is 1.65 bits per heavy atom. The number of rotatable bonds is 6. The van der Waals surface area contributed by atoms with Gasteiger partial charge < -0.3 is 4.74 Å². The van der Waals surface area contributed by atoms with Crippen molar-refractivity contribution in [1.82, 2.24) is 14.5 Å². The Labute approximate surface area is 99.1 Å². The number of ether oxygens (including phenoxy) is 1. The van der Waals surface area contributed by atoms with Crippen LogP contribution in [-0.4, -0.2) is 49.6 Å². The van der Waals surface area contributed by atoms with E-state index in [4.69, 9.17) is 0 Å². The molecule has 0 fully saturated rings. The van der Waals surface area contributed by atoms with Crippen LogP contribution in [0.15, 0.2) is 12.4 Å². The summed E-state index contributed by atoms with van der Waals surface area (Å²) in [5.74, 6) is -0.463. The molecule has 1 heterocycles. The van der Waals surface area contributed by atoms with Crippen LogP contribution < -0.4 is 4.72 Å². The molecule has 0 saturated heterocycles. The summed E-state index contributed by atoms with van der Waals surface area (Å²) in [6.07, 6.45) is 2.75. The first-order valence-corrected chi connectivity index (χ1v) is 6.19. The first kappa shape index (κ1) is 13.5. The minimum atomic E-state index is -3.67. The molecule has 0 saturated carbocycles. The molecule has 0 amide bonds. The minimum absolute atomic E-state index is 0.000698. The van der Waals surface area contributed by atoms with E-state index in [9.17, 15) is 13.2 Å². The van der Waals surface area contributed by atoms with E-state index in [1.807, 2.05) is 0 Å². The van der Waals surface area contributed by atoms with E-state index < -0.39 is 16.2 Å². The summed E-state index contributed by atoms with van der Waals surface area (Å²) in [4.78, 5) is 10.9. The van der Waals surface area contributed by atoms with Crippen molar-refractivity contribution >= 4 is 21.9 Å². The van der Waals surface area contributed by atoms with Gasteiger partial charge in [0.2, 0.25) is 0 Å². The van der Waals surface area contributed by atoms with Crippen LogP contribution in [0.25, 0.3) is 0 Å². The van der Waals surface area contributed by atoms with Gasteiger partial charge >= 0.3 is 16.2 Å². The number of carbonyl (C=O) groups is 1. The third-order valence-corrected chi connectivity index (χ3v) is 3.51. The van der Waals surface area contributed by atoms with Crippen LogP contribution in [0.5, 0.6) is 0 Å². The second kappa shape index (κ2) is 5.64. The number of methoxy groups -OCH3 is 1. The lowest BCUT2D eigenvalue weighted by atomic mass is 10.4. The molecule has 1 aromatic rings. The number of hydrogen-bond donors (Lipinski definition) is 2. The van der Waals surface area contributed by atoms with Crippen molar-refractivity contribution in [2.24, 2.45) is 0 Å². The smallest absolute Gasteiger partial charge is 0.306 e. The van der Waals surface area contributed by atoms with Crippen molar-refractivity contribution in [3.8, 4) is 0 Å². The number of nitrogens with zero attached hydrogens (tertiary/aromatic N) is 2. The van der Waals surface area contributed by atoms with Crippen LogP contribution >= 0.6 is 0 Å². The Morgan fingerprint density at radius 3 is 2.88 bits per heavy atom. The zero-order chi connectivity index (χ0) is 12.9. The van der Waals surface area contributed by atoms with Crippen LogP contribution in [0.3, 0.4) is 0 Å². The molecule has 8 nitrogen and oxygen atoms in total. The second-order valence-corrected chi connectivity index (χ2v) is 5.02. The van der Waals surface area contributed by atoms with Gasteiger partial charge in [-0.2, -0.15) is 17.8 Å². The minimum Gasteiger partial charge on any atom is -0.469 e. The number of esters is 1. The average Bonchev–Trinajstić information content (AvgIpc) is 2.77. The lowest BCUT2D eigenvalue weighted by Gasteiger charge is -2.16. The maximum Gasteiger partial charge on any atom is 0.306 e. The average molecular weight is 262 g/mol. The molecule has 0 aliphatic rings. The summed E-state index contributed by atoms with van der Waals surface area (Å²) in [6, 6.07) is 0. The Morgan fingerprint density at radius 2 is 2.35 bits per heavy atom. The number of anilines is 1. The first-order valence-electron chi connectivity index (χ1n) is 4.75. The SMILES string of the molecule is COC(=O)CCN(C)S(=O)(=O)Nc1cn[nH]c1. The van der Waals surface area contributed by atoms with Crippen molar-refractivity contribution in [2.45, 2.75) is 6.42 Å². The molecule has 17 heavy (non-hydrogen) atoms. The Balaban J connectivity index is 2.55. The summed E-state index contributed by atoms with van der Waals surface area (Å²) in [7, 11) is -1.05. The summed E-state index contributed by atoms with van der Waals surface area (Å²) in [5.41, 5.74) is 0.329. The molecule has 9 heteroatoms. The molecule has 0 bridgehead atoms. The summed E-state index contributed by atoms with van der Waals surface area (Å²) in [6.45, 7) is 0.0415. The molecular weight excluding hydrogens is 248 g/mol. The van der Waals surface area contributed by atoms with E-state index in [-0.39, 0.29) is 13.0 Å². The fourth-order valence-corrected chi connectivity index (χ4v) is 1.90. The summed E-state index contributed by atoms with van der Waals surface area (Å²) >= 11 is 0. The van der Waals surface area contributed by atoms with Crippen molar-refractivity contribution in [3.05, 3.63) is 12.4 Å². The van der Waals surface area contributed by atoms with Crippen LogP contribution in [0.2, 0.25) is 0 Å². The lowest BCUT2D eigenvalue weighted by Crippen LogP contribution is -2.34. The van der Waals surface area contributed by atoms with E-state index in [0.717, 1.165) is 4.31 Å². The zero-order valence-corrected chi connectivity index (χ0v) is 10.3. The Hall–Kier alpha value is -1.61. The Bertz CT molecular complexity index is 456. The van der Waals surface area contributed by atoms with Gasteiger partial charge in [0.25, 0.3) is 0 Å². The van der Waals surface area contributed by atoms with Crippen LogP contribution in [-0.2, 0) is 19.7 Å². The highest BCUT2D eigenvalue weighted by Gasteiger charge is 2.18. The molecule has 0 aromatic carbocycles. The third kappa shape index (κ3) is 4.04. The predicted molar refractivity (Wildman–Crippen MR) is 60.4 cm³/mol. The molecular formula is C8H14N4O4S. The van der Waals surface area contributed by atoms with Gasteiger partial charge in [-0.3, -0.25) is 14.6 Å². The summed E-state index contributed by atoms with van der Waals surface area (Å²) < 4.78 is 31.2. The molecule has 0 aliphatic carbocycles. The predicted octanol–water partition coefficient (Wildman–Crippen LogP) is -0.439. The normalized spacial score (nSPS) is 11.5. The number of nitrogens with one attached hydrogen (secondary N) is 2. The van der Waals surface area contributed by atoms with Gasteiger partial charge in [-0.05, 0) is 0 Å². The fraction of sp³-hybridized carbons (Fsp3) is 0.500. The number of carbonyl (C=O) groups excluding carboxylic acids is 1. The van der Waals surface area contributed by atoms with E-state index >= 15 is 0 Å². The highest BCUT2D eigenvalue weighted by molar-refractivity contribution is 7.90. The molecule has 0 atom stereocenters. The van der Waals surface area contributed by atoms with Gasteiger partial charge in [0.05, 0.1) is 25.4 Å². The van der Waals surface area contributed by atoms with E-state index in [2.05, 4.69) is 19.7 Å². The highest BCUT2D eigenvalue weighted by atomic mass is 32.2. The van der Waals surface area contributed by atoms with Gasteiger partial charge in [-0.15, -0.1) is 0 Å². The lowest BCUT2D eigenvalue weighted by molar-refractivity contribution is -0.140. The Kier molecular flexibility index (Phi) is 4.46. The van der Waals surface area contributed by atoms with Gasteiger partial charge in [-0.25, -0.2) is 0 Å². The highest BCUT2D eigenvalue weighted by Crippen LogP contribution is 2.07. The van der Waals surface area contributed by atoms with Crippen LogP contribution in [0, 0.1) is 0 Å². The first-order chi connectivity index (χ1) is 7.95. The largest absolute Gasteiger partial charge is 0.469 e. The zero-order valence-electron chi connectivity index (χ0n) is 9.50. The van der Waals surface area contributed by atoms with Gasteiger partial charge in [0.15, 0.2) is 0 Å². The fourth-order valence-electron chi connectivity index (χ4n) is 1.00. The van der Waals surface area contributed by atoms with Gasteiger partial charge in [-0.1, -0.05) is 0 Å². The van der Waals surface area contributed by atoms with E-state index in [0.29, 0.717) is 5.69 Å². The summed E-state index contributed by atoms with van der Waals surface area (Å²) in [5, 5.41) is 6.09. The number of aromatic amines is 1.